The van der Waals surface area contributed by atoms with Crippen LogP contribution in [0.5, 0.6) is 5.75 Å². The Morgan fingerprint density at radius 1 is 0.865 bits per heavy atom. The Bertz CT molecular complexity index is 1780. The van der Waals surface area contributed by atoms with E-state index in [1.165, 1.54) is 63.3 Å². The predicted molar refractivity (Wildman–Crippen MR) is 156 cm³/mol. The Morgan fingerprint density at radius 2 is 1.65 bits per heavy atom. The van der Waals surface area contributed by atoms with Crippen molar-refractivity contribution in [2.24, 2.45) is 7.05 Å². The molecule has 1 aliphatic heterocycles. The minimum absolute atomic E-state index is 0.723. The summed E-state index contributed by atoms with van der Waals surface area (Å²) in [4.78, 5) is 0. The first kappa shape index (κ1) is 22.0. The van der Waals surface area contributed by atoms with E-state index >= 15 is 0 Å². The van der Waals surface area contributed by atoms with Crippen molar-refractivity contribution in [2.75, 3.05) is 0 Å². The monoisotopic (exact) mass is 479 g/mol. The fraction of sp³-hybridized carbons (Fsp3) is 0.171. The Hall–Kier alpha value is -4.26. The molecular weight excluding hydrogens is 450 g/mol. The lowest BCUT2D eigenvalue weighted by Gasteiger charge is -2.27. The molecule has 2 nitrogen and oxygen atoms in total. The highest BCUT2D eigenvalue weighted by molar-refractivity contribution is 6.10. The highest BCUT2D eigenvalue weighted by Crippen LogP contribution is 2.39. The summed E-state index contributed by atoms with van der Waals surface area (Å²) in [6.07, 6.45) is 20.8. The van der Waals surface area contributed by atoms with Crippen LogP contribution in [-0.4, -0.2) is 4.57 Å². The van der Waals surface area contributed by atoms with E-state index in [-0.39, 0.29) is 0 Å². The molecule has 1 fully saturated rings. The molecule has 3 aliphatic rings. The second-order valence-electron chi connectivity index (χ2n) is 10.4. The van der Waals surface area contributed by atoms with Crippen LogP contribution in [-0.2, 0) is 7.05 Å². The number of fused-ring (bicyclic) bond motifs is 4. The Balaban J connectivity index is 1.32. The molecule has 0 saturated heterocycles. The number of aryl methyl sites for hydroxylation is 2. The minimum Gasteiger partial charge on any atom is -0.448 e. The van der Waals surface area contributed by atoms with Crippen molar-refractivity contribution in [1.82, 2.24) is 4.57 Å². The largest absolute Gasteiger partial charge is 0.448 e. The smallest absolute Gasteiger partial charge is 0.170 e. The van der Waals surface area contributed by atoms with Crippen LogP contribution in [0.25, 0.3) is 40.0 Å². The van der Waals surface area contributed by atoms with Gasteiger partial charge in [-0.15, -0.1) is 0 Å². The minimum atomic E-state index is 0.723. The molecular formula is C35H29NO. The van der Waals surface area contributed by atoms with Gasteiger partial charge < -0.3 is 9.30 Å². The van der Waals surface area contributed by atoms with E-state index in [4.69, 9.17) is 4.74 Å². The molecule has 2 aliphatic carbocycles. The first-order chi connectivity index (χ1) is 18.1. The van der Waals surface area contributed by atoms with E-state index in [1.54, 1.807) is 0 Å². The van der Waals surface area contributed by atoms with Crippen molar-refractivity contribution in [3.63, 3.8) is 0 Å². The van der Waals surface area contributed by atoms with Crippen molar-refractivity contribution in [1.29, 1.82) is 0 Å². The molecule has 2 heteroatoms. The van der Waals surface area contributed by atoms with Gasteiger partial charge in [0.1, 0.15) is 5.75 Å². The maximum Gasteiger partial charge on any atom is 0.170 e. The second kappa shape index (κ2) is 8.69. The summed E-state index contributed by atoms with van der Waals surface area (Å²) in [6.45, 7) is 2.21. The second-order valence-corrected chi connectivity index (χ2v) is 10.4. The van der Waals surface area contributed by atoms with Gasteiger partial charge in [0.2, 0.25) is 0 Å². The average molecular weight is 480 g/mol. The van der Waals surface area contributed by atoms with Crippen molar-refractivity contribution >= 4 is 40.0 Å². The third-order valence-corrected chi connectivity index (χ3v) is 8.07. The summed E-state index contributed by atoms with van der Waals surface area (Å²) in [5.41, 5.74) is 13.2. The van der Waals surface area contributed by atoms with Gasteiger partial charge in [0, 0.05) is 40.0 Å². The quantitative estimate of drug-likeness (QED) is 0.211. The number of nitrogens with zero attached hydrogens (tertiary/aromatic N) is 1. The molecule has 0 amide bonds. The fourth-order valence-electron chi connectivity index (χ4n) is 5.73. The van der Waals surface area contributed by atoms with Gasteiger partial charge >= 0.3 is 0 Å². The Kier molecular flexibility index (Phi) is 5.16. The number of rotatable bonds is 3. The zero-order valence-corrected chi connectivity index (χ0v) is 21.3. The van der Waals surface area contributed by atoms with E-state index in [2.05, 4.69) is 97.1 Å². The van der Waals surface area contributed by atoms with Gasteiger partial charge in [-0.3, -0.25) is 0 Å². The Labute approximate surface area is 217 Å². The van der Waals surface area contributed by atoms with Crippen LogP contribution in [0.2, 0.25) is 0 Å². The lowest BCUT2D eigenvalue weighted by molar-refractivity contribution is 0.419. The van der Waals surface area contributed by atoms with Crippen LogP contribution in [0.1, 0.15) is 53.0 Å². The van der Waals surface area contributed by atoms with Gasteiger partial charge in [0.25, 0.3) is 0 Å². The molecule has 0 radical (unpaired) electrons. The number of hydrogen-bond acceptors (Lipinski definition) is 1. The standard InChI is InChI=1S/C35H29NO/c1-23-18-31-32-22-35-28(15-14-24-8-3-5-12-29(19-24)37-35)21-34(32)36(2)33(31)20-27(23)17-16-26-9-4-6-13-30(26)25-10-7-11-25/h3-6,8-9,12-18,20-22,25H,7,10-11H2,1-2H3/b15-14-,17-16-. The van der Waals surface area contributed by atoms with Crippen molar-refractivity contribution in [3.8, 4) is 5.75 Å². The van der Waals surface area contributed by atoms with Crippen molar-refractivity contribution in [2.45, 2.75) is 32.1 Å². The SMILES string of the molecule is Cc1cc2c3cc4c(cc3n(C)c2cc1/C=C\c1ccccc1C1CCC1)/C=C\C1=C=C(C=CC=C1)O4. The van der Waals surface area contributed by atoms with Crippen LogP contribution in [0.3, 0.4) is 0 Å². The summed E-state index contributed by atoms with van der Waals surface area (Å²) in [5, 5.41) is 2.46. The number of allylic oxidation sites excluding steroid dienone is 5. The highest BCUT2D eigenvalue weighted by Gasteiger charge is 2.21. The molecule has 3 aromatic carbocycles. The molecule has 0 atom stereocenters. The topological polar surface area (TPSA) is 14.2 Å². The lowest BCUT2D eigenvalue weighted by Crippen LogP contribution is -2.09. The van der Waals surface area contributed by atoms with E-state index in [9.17, 15) is 0 Å². The molecule has 180 valence electrons. The molecule has 4 aromatic rings. The van der Waals surface area contributed by atoms with Crippen LogP contribution in [0.4, 0.5) is 0 Å². The summed E-state index contributed by atoms with van der Waals surface area (Å²) in [7, 11) is 2.16. The summed E-state index contributed by atoms with van der Waals surface area (Å²) >= 11 is 0. The van der Waals surface area contributed by atoms with Gasteiger partial charge in [-0.25, -0.2) is 0 Å². The zero-order valence-electron chi connectivity index (χ0n) is 21.3. The number of hydrogen-bond donors (Lipinski definition) is 0. The number of aromatic nitrogens is 1. The molecule has 37 heavy (non-hydrogen) atoms. The molecule has 7 rings (SSSR count). The van der Waals surface area contributed by atoms with Gasteiger partial charge in [-0.1, -0.05) is 60.7 Å². The van der Waals surface area contributed by atoms with E-state index in [0.29, 0.717) is 0 Å². The molecule has 0 spiro atoms. The van der Waals surface area contributed by atoms with Crippen LogP contribution < -0.4 is 4.74 Å². The molecule has 2 bridgehead atoms. The van der Waals surface area contributed by atoms with E-state index in [0.717, 1.165) is 28.6 Å². The molecule has 2 heterocycles. The number of ether oxygens (including phenoxy) is 1. The van der Waals surface area contributed by atoms with Crippen molar-refractivity contribution in [3.05, 3.63) is 124 Å². The highest BCUT2D eigenvalue weighted by atomic mass is 16.5. The normalized spacial score (nSPS) is 17.6. The molecule has 1 aromatic heterocycles. The van der Waals surface area contributed by atoms with Gasteiger partial charge in [0.05, 0.1) is 0 Å². The van der Waals surface area contributed by atoms with Crippen LogP contribution in [0, 0.1) is 6.92 Å². The number of benzene rings is 3. The first-order valence-electron chi connectivity index (χ1n) is 13.2. The zero-order chi connectivity index (χ0) is 24.9. The van der Waals surface area contributed by atoms with E-state index in [1.807, 2.05) is 24.3 Å². The molecule has 0 N–H and O–H groups in total. The molecule has 0 unspecified atom stereocenters. The van der Waals surface area contributed by atoms with E-state index < -0.39 is 0 Å². The maximum atomic E-state index is 6.33. The van der Waals surface area contributed by atoms with Gasteiger partial charge in [-0.05, 0) is 96.5 Å². The molecule has 1 saturated carbocycles. The first-order valence-corrected chi connectivity index (χ1v) is 13.2. The summed E-state index contributed by atoms with van der Waals surface area (Å²) in [5.74, 6) is 2.31. The summed E-state index contributed by atoms with van der Waals surface area (Å²) in [6, 6.07) is 18.0. The lowest BCUT2D eigenvalue weighted by atomic mass is 9.78. The maximum absolute atomic E-state index is 6.33. The average Bonchev–Trinajstić information content (AvgIpc) is 3.00. The van der Waals surface area contributed by atoms with Crippen LogP contribution >= 0.6 is 0 Å². The fourth-order valence-corrected chi connectivity index (χ4v) is 5.73. The van der Waals surface area contributed by atoms with Crippen molar-refractivity contribution < 1.29 is 4.74 Å². The van der Waals surface area contributed by atoms with Gasteiger partial charge in [0.15, 0.2) is 5.76 Å². The third kappa shape index (κ3) is 3.82. The third-order valence-electron chi connectivity index (χ3n) is 8.07. The van der Waals surface area contributed by atoms with Crippen LogP contribution in [0.15, 0.2) is 96.0 Å². The van der Waals surface area contributed by atoms with Gasteiger partial charge in [-0.2, -0.15) is 0 Å². The predicted octanol–water partition coefficient (Wildman–Crippen LogP) is 9.02. The Morgan fingerprint density at radius 3 is 2.51 bits per heavy atom. The summed E-state index contributed by atoms with van der Waals surface area (Å²) < 4.78 is 8.63.